The smallest absolute Gasteiger partial charge is 0.267 e. The summed E-state index contributed by atoms with van der Waals surface area (Å²) in [7, 11) is 0. The Morgan fingerprint density at radius 2 is 1.81 bits per heavy atom. The molecule has 2 aliphatic rings. The van der Waals surface area contributed by atoms with Crippen LogP contribution in [0.2, 0.25) is 0 Å². The van der Waals surface area contributed by atoms with E-state index in [1.165, 1.54) is 0 Å². The van der Waals surface area contributed by atoms with Crippen molar-refractivity contribution < 1.29 is 14.4 Å². The number of benzene rings is 2. The van der Waals surface area contributed by atoms with Crippen LogP contribution < -0.4 is 10.2 Å². The second kappa shape index (κ2) is 7.91. The Morgan fingerprint density at radius 3 is 2.56 bits per heavy atom. The first kappa shape index (κ1) is 20.5. The zero-order valence-corrected chi connectivity index (χ0v) is 18.5. The van der Waals surface area contributed by atoms with Crippen molar-refractivity contribution in [1.82, 2.24) is 10.2 Å². The minimum absolute atomic E-state index is 0.151. The van der Waals surface area contributed by atoms with Crippen LogP contribution in [0.5, 0.6) is 0 Å². The fourth-order valence-electron chi connectivity index (χ4n) is 4.69. The highest BCUT2D eigenvalue weighted by atomic mass is 32.1. The van der Waals surface area contributed by atoms with E-state index in [-0.39, 0.29) is 43.1 Å². The van der Waals surface area contributed by atoms with Crippen LogP contribution in [-0.4, -0.2) is 28.3 Å². The van der Waals surface area contributed by atoms with Crippen molar-refractivity contribution in [2.75, 3.05) is 4.90 Å². The first-order chi connectivity index (χ1) is 15.5. The maximum Gasteiger partial charge on any atom is 0.267 e. The van der Waals surface area contributed by atoms with Crippen molar-refractivity contribution in [2.45, 2.75) is 38.0 Å². The van der Waals surface area contributed by atoms with E-state index in [2.05, 4.69) is 5.32 Å². The molecule has 3 amide bonds. The standard InChI is InChI=1S/C25H23N3O3S/c1-17(21-12-7-15-32-21)26-24(31)25-14-13-22(29)28(25)20-11-6-5-10-19(20)23(30)27(25)16-18-8-3-2-4-9-18/h2-12,15,17H,13-14,16H2,1H3,(H,26,31). The average Bonchev–Trinajstić information content (AvgIpc) is 3.46. The van der Waals surface area contributed by atoms with Gasteiger partial charge < -0.3 is 10.2 Å². The summed E-state index contributed by atoms with van der Waals surface area (Å²) in [6.45, 7) is 2.15. The van der Waals surface area contributed by atoms with Crippen molar-refractivity contribution in [3.8, 4) is 0 Å². The number of carbonyl (C=O) groups is 3. The maximum atomic E-state index is 13.9. The van der Waals surface area contributed by atoms with Crippen molar-refractivity contribution in [3.63, 3.8) is 0 Å². The third-order valence-corrected chi connectivity index (χ3v) is 7.29. The predicted octanol–water partition coefficient (Wildman–Crippen LogP) is 4.10. The van der Waals surface area contributed by atoms with Gasteiger partial charge >= 0.3 is 0 Å². The Bertz CT molecular complexity index is 1180. The maximum absolute atomic E-state index is 13.9. The molecule has 2 aliphatic heterocycles. The van der Waals surface area contributed by atoms with Gasteiger partial charge in [0.15, 0.2) is 0 Å². The van der Waals surface area contributed by atoms with E-state index in [1.54, 1.807) is 45.4 Å². The van der Waals surface area contributed by atoms with Crippen LogP contribution in [0.4, 0.5) is 5.69 Å². The van der Waals surface area contributed by atoms with Crippen LogP contribution in [0.25, 0.3) is 0 Å². The van der Waals surface area contributed by atoms with Gasteiger partial charge in [0.05, 0.1) is 17.3 Å². The highest BCUT2D eigenvalue weighted by Crippen LogP contribution is 2.45. The molecular formula is C25H23N3O3S. The number of nitrogens with one attached hydrogen (secondary N) is 1. The molecule has 7 heteroatoms. The summed E-state index contributed by atoms with van der Waals surface area (Å²) in [5.41, 5.74) is 0.443. The predicted molar refractivity (Wildman–Crippen MR) is 123 cm³/mol. The minimum Gasteiger partial charge on any atom is -0.345 e. The number of para-hydroxylation sites is 1. The second-order valence-corrected chi connectivity index (χ2v) is 9.13. The summed E-state index contributed by atoms with van der Waals surface area (Å²) in [6, 6.07) is 20.3. The monoisotopic (exact) mass is 445 g/mol. The zero-order valence-electron chi connectivity index (χ0n) is 17.7. The lowest BCUT2D eigenvalue weighted by Gasteiger charge is -2.49. The number of thiophene rings is 1. The van der Waals surface area contributed by atoms with Crippen LogP contribution >= 0.6 is 11.3 Å². The van der Waals surface area contributed by atoms with Gasteiger partial charge in [-0.05, 0) is 36.1 Å². The Hall–Kier alpha value is -3.45. The van der Waals surface area contributed by atoms with Crippen molar-refractivity contribution in [2.24, 2.45) is 0 Å². The summed E-state index contributed by atoms with van der Waals surface area (Å²) in [6.07, 6.45) is 0.454. The van der Waals surface area contributed by atoms with Gasteiger partial charge in [-0.3, -0.25) is 19.3 Å². The number of hydrogen-bond donors (Lipinski definition) is 1. The average molecular weight is 446 g/mol. The largest absolute Gasteiger partial charge is 0.345 e. The highest BCUT2D eigenvalue weighted by molar-refractivity contribution is 7.10. The van der Waals surface area contributed by atoms with E-state index in [1.807, 2.05) is 54.8 Å². The van der Waals surface area contributed by atoms with E-state index in [0.29, 0.717) is 11.3 Å². The van der Waals surface area contributed by atoms with Gasteiger partial charge in [0.1, 0.15) is 0 Å². The molecule has 1 saturated heterocycles. The Balaban J connectivity index is 1.62. The van der Waals surface area contributed by atoms with Crippen LogP contribution in [0.3, 0.4) is 0 Å². The molecule has 2 atom stereocenters. The first-order valence-electron chi connectivity index (χ1n) is 10.6. The molecule has 1 fully saturated rings. The minimum atomic E-state index is -1.40. The Kier molecular flexibility index (Phi) is 5.06. The normalized spacial score (nSPS) is 20.7. The number of anilines is 1. The van der Waals surface area contributed by atoms with E-state index in [4.69, 9.17) is 0 Å². The fourth-order valence-corrected chi connectivity index (χ4v) is 5.42. The molecule has 32 heavy (non-hydrogen) atoms. The van der Waals surface area contributed by atoms with Gasteiger partial charge in [0.25, 0.3) is 11.8 Å². The van der Waals surface area contributed by atoms with Crippen molar-refractivity contribution in [1.29, 1.82) is 0 Å². The number of carbonyl (C=O) groups excluding carboxylic acids is 3. The molecule has 162 valence electrons. The van der Waals surface area contributed by atoms with Crippen LogP contribution in [0.15, 0.2) is 72.1 Å². The third-order valence-electron chi connectivity index (χ3n) is 6.24. The SMILES string of the molecule is CC(NC(=O)C12CCC(=O)N1c1ccccc1C(=O)N2Cc1ccccc1)c1cccs1. The Labute approximate surface area is 190 Å². The zero-order chi connectivity index (χ0) is 22.3. The lowest BCUT2D eigenvalue weighted by Crippen LogP contribution is -2.70. The van der Waals surface area contributed by atoms with E-state index >= 15 is 0 Å². The quantitative estimate of drug-likeness (QED) is 0.643. The molecule has 0 aliphatic carbocycles. The molecule has 0 bridgehead atoms. The van der Waals surface area contributed by atoms with Crippen LogP contribution in [0.1, 0.15) is 46.6 Å². The third kappa shape index (κ3) is 3.12. The summed E-state index contributed by atoms with van der Waals surface area (Å²) in [5.74, 6) is -0.723. The topological polar surface area (TPSA) is 69.7 Å². The molecule has 6 nitrogen and oxygen atoms in total. The number of amides is 3. The van der Waals surface area contributed by atoms with E-state index < -0.39 is 5.66 Å². The van der Waals surface area contributed by atoms with Gasteiger partial charge in [-0.2, -0.15) is 0 Å². The van der Waals surface area contributed by atoms with Gasteiger partial charge in [-0.15, -0.1) is 11.3 Å². The molecule has 3 aromatic rings. The number of hydrogen-bond acceptors (Lipinski definition) is 4. The molecule has 2 unspecified atom stereocenters. The van der Waals surface area contributed by atoms with Gasteiger partial charge in [-0.25, -0.2) is 0 Å². The van der Waals surface area contributed by atoms with Crippen molar-refractivity contribution >= 4 is 34.7 Å². The summed E-state index contributed by atoms with van der Waals surface area (Å²) >= 11 is 1.56. The van der Waals surface area contributed by atoms with Crippen LogP contribution in [-0.2, 0) is 16.1 Å². The van der Waals surface area contributed by atoms with Gasteiger partial charge in [0, 0.05) is 24.3 Å². The number of fused-ring (bicyclic) bond motifs is 3. The molecule has 3 heterocycles. The molecular weight excluding hydrogens is 422 g/mol. The van der Waals surface area contributed by atoms with Crippen LogP contribution in [0, 0.1) is 0 Å². The molecule has 1 aromatic heterocycles. The first-order valence-corrected chi connectivity index (χ1v) is 11.5. The van der Waals surface area contributed by atoms with Crippen molar-refractivity contribution in [3.05, 3.63) is 88.1 Å². The lowest BCUT2D eigenvalue weighted by atomic mass is 9.94. The van der Waals surface area contributed by atoms with Gasteiger partial charge in [0.2, 0.25) is 11.6 Å². The van der Waals surface area contributed by atoms with Gasteiger partial charge in [-0.1, -0.05) is 48.5 Å². The number of nitrogens with zero attached hydrogens (tertiary/aromatic N) is 2. The second-order valence-electron chi connectivity index (χ2n) is 8.15. The summed E-state index contributed by atoms with van der Waals surface area (Å²) in [5, 5.41) is 5.05. The molecule has 0 spiro atoms. The van der Waals surface area contributed by atoms with E-state index in [0.717, 1.165) is 10.4 Å². The molecule has 1 N–H and O–H groups in total. The molecule has 0 radical (unpaired) electrons. The Morgan fingerprint density at radius 1 is 1.06 bits per heavy atom. The molecule has 2 aromatic carbocycles. The van der Waals surface area contributed by atoms with E-state index in [9.17, 15) is 14.4 Å². The molecule has 5 rings (SSSR count). The summed E-state index contributed by atoms with van der Waals surface area (Å²) in [4.78, 5) is 44.9. The molecule has 0 saturated carbocycles. The summed E-state index contributed by atoms with van der Waals surface area (Å²) < 4.78 is 0. The highest BCUT2D eigenvalue weighted by Gasteiger charge is 2.60. The fraction of sp³-hybridized carbons (Fsp3) is 0.240. The number of rotatable bonds is 5. The lowest BCUT2D eigenvalue weighted by molar-refractivity contribution is -0.134.